The van der Waals surface area contributed by atoms with Gasteiger partial charge >= 0.3 is 0 Å². The third-order valence-corrected chi connectivity index (χ3v) is 4.31. The van der Waals surface area contributed by atoms with Gasteiger partial charge in [-0.15, -0.1) is 11.8 Å². The van der Waals surface area contributed by atoms with E-state index in [1.165, 1.54) is 36.5 Å². The lowest BCUT2D eigenvalue weighted by Gasteiger charge is -2.27. The molecule has 2 nitrogen and oxygen atoms in total. The van der Waals surface area contributed by atoms with E-state index in [-0.39, 0.29) is 0 Å². The number of nitrogens with zero attached hydrogens (tertiary/aromatic N) is 2. The molecule has 0 aliphatic carbocycles. The van der Waals surface area contributed by atoms with Crippen molar-refractivity contribution in [2.24, 2.45) is 5.92 Å². The maximum Gasteiger partial charge on any atom is 0.101 e. The van der Waals surface area contributed by atoms with Gasteiger partial charge in [0.25, 0.3) is 0 Å². The number of hydrogen-bond acceptors (Lipinski definition) is 3. The number of likely N-dealkylation sites (tertiary alicyclic amines) is 1. The molecule has 0 saturated carbocycles. The maximum absolute atomic E-state index is 4.56. The van der Waals surface area contributed by atoms with Gasteiger partial charge in [0.2, 0.25) is 0 Å². The van der Waals surface area contributed by atoms with Crippen molar-refractivity contribution < 1.29 is 0 Å². The second-order valence-corrected chi connectivity index (χ2v) is 6.63. The Bertz CT molecular complexity index is 379. The molecule has 1 saturated heterocycles. The molecule has 1 aliphatic heterocycles. The van der Waals surface area contributed by atoms with Crippen molar-refractivity contribution in [3.05, 3.63) is 23.9 Å². The summed E-state index contributed by atoms with van der Waals surface area (Å²) in [6.07, 6.45) is 4.53. The Labute approximate surface area is 115 Å². The van der Waals surface area contributed by atoms with Crippen LogP contribution in [0.5, 0.6) is 0 Å². The van der Waals surface area contributed by atoms with Gasteiger partial charge < -0.3 is 0 Å². The van der Waals surface area contributed by atoms with Gasteiger partial charge in [0.05, 0.1) is 0 Å². The summed E-state index contributed by atoms with van der Waals surface area (Å²) in [4.78, 5) is 7.20. The number of pyridine rings is 1. The van der Waals surface area contributed by atoms with Gasteiger partial charge in [-0.3, -0.25) is 4.90 Å². The quantitative estimate of drug-likeness (QED) is 0.748. The predicted molar refractivity (Wildman–Crippen MR) is 79.0 cm³/mol. The summed E-state index contributed by atoms with van der Waals surface area (Å²) in [6.45, 7) is 9.26. The van der Waals surface area contributed by atoms with Crippen LogP contribution in [-0.4, -0.2) is 28.7 Å². The molecule has 18 heavy (non-hydrogen) atoms. The highest BCUT2D eigenvalue weighted by Gasteiger charge is 2.28. The van der Waals surface area contributed by atoms with Gasteiger partial charge in [0, 0.05) is 24.3 Å². The molecular formula is C15H24N2S. The summed E-state index contributed by atoms with van der Waals surface area (Å²) < 4.78 is 0. The van der Waals surface area contributed by atoms with Crippen molar-refractivity contribution >= 4 is 11.8 Å². The smallest absolute Gasteiger partial charge is 0.101 e. The van der Waals surface area contributed by atoms with Crippen LogP contribution in [-0.2, 0) is 0 Å². The molecule has 1 aliphatic rings. The summed E-state index contributed by atoms with van der Waals surface area (Å²) in [5.74, 6) is 1.84. The minimum Gasteiger partial charge on any atom is -0.296 e. The van der Waals surface area contributed by atoms with Crippen molar-refractivity contribution in [1.82, 2.24) is 9.88 Å². The first kappa shape index (κ1) is 13.9. The van der Waals surface area contributed by atoms with Gasteiger partial charge in [-0.1, -0.05) is 26.8 Å². The van der Waals surface area contributed by atoms with Gasteiger partial charge in [-0.2, -0.15) is 0 Å². The lowest BCUT2D eigenvalue weighted by atomic mass is 10.1. The molecule has 1 atom stereocenters. The average molecular weight is 264 g/mol. The van der Waals surface area contributed by atoms with Crippen LogP contribution in [0.1, 0.15) is 45.2 Å². The summed E-state index contributed by atoms with van der Waals surface area (Å²) in [7, 11) is 0. The Morgan fingerprint density at radius 3 is 3.06 bits per heavy atom. The molecule has 1 aromatic rings. The monoisotopic (exact) mass is 264 g/mol. The van der Waals surface area contributed by atoms with Gasteiger partial charge in [0.15, 0.2) is 0 Å². The molecular weight excluding hydrogens is 240 g/mol. The molecule has 1 aromatic heterocycles. The first-order valence-corrected chi connectivity index (χ1v) is 8.02. The summed E-state index contributed by atoms with van der Waals surface area (Å²) in [6, 6.07) is 4.95. The Morgan fingerprint density at radius 2 is 2.33 bits per heavy atom. The number of hydrogen-bond donors (Lipinski definition) is 0. The molecule has 0 amide bonds. The molecule has 2 heterocycles. The highest BCUT2D eigenvalue weighted by Crippen LogP contribution is 2.36. The number of aromatic nitrogens is 1. The molecule has 0 aromatic carbocycles. The maximum atomic E-state index is 4.56. The average Bonchev–Trinajstić information content (AvgIpc) is 2.77. The van der Waals surface area contributed by atoms with Crippen LogP contribution in [0.2, 0.25) is 0 Å². The fraction of sp³-hybridized carbons (Fsp3) is 0.667. The van der Waals surface area contributed by atoms with Crippen LogP contribution in [0.15, 0.2) is 23.4 Å². The largest absolute Gasteiger partial charge is 0.296 e. The van der Waals surface area contributed by atoms with Crippen LogP contribution in [0.3, 0.4) is 0 Å². The fourth-order valence-corrected chi connectivity index (χ4v) is 3.56. The molecule has 0 bridgehead atoms. The van der Waals surface area contributed by atoms with Crippen molar-refractivity contribution in [3.63, 3.8) is 0 Å². The van der Waals surface area contributed by atoms with Crippen LogP contribution in [0, 0.1) is 5.92 Å². The third kappa shape index (κ3) is 3.27. The van der Waals surface area contributed by atoms with E-state index in [1.54, 1.807) is 0 Å². The molecule has 0 spiro atoms. The second-order valence-electron chi connectivity index (χ2n) is 5.38. The molecule has 1 fully saturated rings. The molecule has 2 rings (SSSR count). The molecule has 100 valence electrons. The van der Waals surface area contributed by atoms with E-state index in [0.717, 1.165) is 11.7 Å². The molecule has 0 N–H and O–H groups in total. The fourth-order valence-electron chi connectivity index (χ4n) is 2.78. The standard InChI is InChI=1S/C15H24N2S/c1-4-18-15-13(7-5-9-16-15)14-8-6-10-17(14)11-12(2)3/h5,7,9,12,14H,4,6,8,10-11H2,1-3H3/t14-/m1/s1. The zero-order chi connectivity index (χ0) is 13.0. The molecule has 0 unspecified atom stereocenters. The Kier molecular flexibility index (Phi) is 5.07. The van der Waals surface area contributed by atoms with E-state index >= 15 is 0 Å². The van der Waals surface area contributed by atoms with Crippen LogP contribution >= 0.6 is 11.8 Å². The first-order valence-electron chi connectivity index (χ1n) is 7.04. The van der Waals surface area contributed by atoms with Crippen molar-refractivity contribution in [2.45, 2.75) is 44.7 Å². The Balaban J connectivity index is 2.18. The minimum atomic E-state index is 0.593. The SMILES string of the molecule is CCSc1ncccc1[C@H]1CCCN1CC(C)C. The minimum absolute atomic E-state index is 0.593. The van der Waals surface area contributed by atoms with Crippen molar-refractivity contribution in [2.75, 3.05) is 18.8 Å². The van der Waals surface area contributed by atoms with Crippen LogP contribution in [0.25, 0.3) is 0 Å². The van der Waals surface area contributed by atoms with E-state index in [0.29, 0.717) is 6.04 Å². The van der Waals surface area contributed by atoms with E-state index in [1.807, 2.05) is 18.0 Å². The normalized spacial score (nSPS) is 20.8. The van der Waals surface area contributed by atoms with E-state index in [2.05, 4.69) is 42.8 Å². The van der Waals surface area contributed by atoms with Crippen LogP contribution < -0.4 is 0 Å². The zero-order valence-corrected chi connectivity index (χ0v) is 12.5. The zero-order valence-electron chi connectivity index (χ0n) is 11.7. The first-order chi connectivity index (χ1) is 8.72. The number of thioether (sulfide) groups is 1. The van der Waals surface area contributed by atoms with Crippen molar-refractivity contribution in [3.8, 4) is 0 Å². The van der Waals surface area contributed by atoms with Gasteiger partial charge in [-0.05, 0) is 37.1 Å². The van der Waals surface area contributed by atoms with E-state index in [4.69, 9.17) is 0 Å². The van der Waals surface area contributed by atoms with Gasteiger partial charge in [0.1, 0.15) is 5.03 Å². The highest BCUT2D eigenvalue weighted by molar-refractivity contribution is 7.99. The predicted octanol–water partition coefficient (Wildman–Crippen LogP) is 3.99. The molecule has 0 radical (unpaired) electrons. The lowest BCUT2D eigenvalue weighted by molar-refractivity contribution is 0.226. The summed E-state index contributed by atoms with van der Waals surface area (Å²) >= 11 is 1.87. The topological polar surface area (TPSA) is 16.1 Å². The number of rotatable bonds is 5. The Hall–Kier alpha value is -0.540. The highest BCUT2D eigenvalue weighted by atomic mass is 32.2. The molecule has 3 heteroatoms. The van der Waals surface area contributed by atoms with Crippen LogP contribution in [0.4, 0.5) is 0 Å². The Morgan fingerprint density at radius 1 is 1.50 bits per heavy atom. The van der Waals surface area contributed by atoms with Crippen molar-refractivity contribution in [1.29, 1.82) is 0 Å². The summed E-state index contributed by atoms with van der Waals surface area (Å²) in [5.41, 5.74) is 1.45. The van der Waals surface area contributed by atoms with E-state index in [9.17, 15) is 0 Å². The summed E-state index contributed by atoms with van der Waals surface area (Å²) in [5, 5.41) is 1.24. The van der Waals surface area contributed by atoms with E-state index < -0.39 is 0 Å². The lowest BCUT2D eigenvalue weighted by Crippen LogP contribution is -2.27. The van der Waals surface area contributed by atoms with Gasteiger partial charge in [-0.25, -0.2) is 4.98 Å². The second kappa shape index (κ2) is 6.58. The third-order valence-electron chi connectivity index (χ3n) is 3.40.